The second-order valence-electron chi connectivity index (χ2n) is 7.60. The van der Waals surface area contributed by atoms with Crippen LogP contribution in [0.15, 0.2) is 53.4 Å². The standard InChI is InChI=1S/C23H25N5O5S/c1-15-11-16(2)13-18(12-15)34(29,30)24-9-10-33-22-8-7-21-25-26-23(28(21)27-22)19-6-5-17(31-3)14-20(19)32-4/h5-8,11-14,24H,9-10H2,1-4H3. The van der Waals surface area contributed by atoms with Crippen LogP contribution in [-0.2, 0) is 10.0 Å². The van der Waals surface area contributed by atoms with Crippen LogP contribution in [0.1, 0.15) is 11.1 Å². The van der Waals surface area contributed by atoms with Gasteiger partial charge in [0.1, 0.15) is 18.1 Å². The van der Waals surface area contributed by atoms with Gasteiger partial charge in [-0.15, -0.1) is 15.3 Å². The summed E-state index contributed by atoms with van der Waals surface area (Å²) in [5.74, 6) is 1.97. The first kappa shape index (κ1) is 23.5. The van der Waals surface area contributed by atoms with E-state index in [0.717, 1.165) is 11.1 Å². The molecule has 34 heavy (non-hydrogen) atoms. The Kier molecular flexibility index (Phi) is 6.66. The van der Waals surface area contributed by atoms with Crippen LogP contribution in [-0.4, -0.2) is 55.6 Å². The minimum atomic E-state index is -3.64. The van der Waals surface area contributed by atoms with Crippen molar-refractivity contribution in [3.05, 3.63) is 59.7 Å². The van der Waals surface area contributed by atoms with Gasteiger partial charge in [0.05, 0.1) is 24.7 Å². The van der Waals surface area contributed by atoms with E-state index in [1.54, 1.807) is 55.1 Å². The van der Waals surface area contributed by atoms with Gasteiger partial charge >= 0.3 is 0 Å². The molecule has 0 saturated carbocycles. The largest absolute Gasteiger partial charge is 0.497 e. The molecule has 10 nitrogen and oxygen atoms in total. The Morgan fingerprint density at radius 2 is 1.71 bits per heavy atom. The van der Waals surface area contributed by atoms with Crippen molar-refractivity contribution in [2.24, 2.45) is 0 Å². The van der Waals surface area contributed by atoms with E-state index in [0.29, 0.717) is 34.4 Å². The van der Waals surface area contributed by atoms with Crippen molar-refractivity contribution >= 4 is 15.7 Å². The first-order valence-electron chi connectivity index (χ1n) is 10.5. The summed E-state index contributed by atoms with van der Waals surface area (Å²) >= 11 is 0. The van der Waals surface area contributed by atoms with Gasteiger partial charge in [-0.05, 0) is 55.3 Å². The van der Waals surface area contributed by atoms with Crippen LogP contribution >= 0.6 is 0 Å². The quantitative estimate of drug-likeness (QED) is 0.361. The second kappa shape index (κ2) is 9.65. The molecule has 2 heterocycles. The van der Waals surface area contributed by atoms with E-state index in [-0.39, 0.29) is 18.0 Å². The topological polar surface area (TPSA) is 117 Å². The average Bonchev–Trinajstić information content (AvgIpc) is 3.24. The van der Waals surface area contributed by atoms with Crippen LogP contribution < -0.4 is 18.9 Å². The average molecular weight is 484 g/mol. The Bertz CT molecular complexity index is 1410. The lowest BCUT2D eigenvalue weighted by molar-refractivity contribution is 0.306. The molecule has 0 fully saturated rings. The van der Waals surface area contributed by atoms with Gasteiger partial charge in [-0.25, -0.2) is 13.1 Å². The number of benzene rings is 2. The van der Waals surface area contributed by atoms with Crippen molar-refractivity contribution in [1.29, 1.82) is 0 Å². The molecular formula is C23H25N5O5S. The number of nitrogens with zero attached hydrogens (tertiary/aromatic N) is 4. The fraction of sp³-hybridized carbons (Fsp3) is 0.261. The van der Waals surface area contributed by atoms with Gasteiger partial charge in [0, 0.05) is 18.7 Å². The van der Waals surface area contributed by atoms with Crippen LogP contribution in [0.2, 0.25) is 0 Å². The SMILES string of the molecule is COc1ccc(-c2nnc3ccc(OCCNS(=O)(=O)c4cc(C)cc(C)c4)nn23)c(OC)c1. The number of sulfonamides is 1. The van der Waals surface area contributed by atoms with E-state index in [1.165, 1.54) is 0 Å². The highest BCUT2D eigenvalue weighted by Gasteiger charge is 2.17. The molecule has 1 N–H and O–H groups in total. The normalized spacial score (nSPS) is 11.5. The van der Waals surface area contributed by atoms with Crippen LogP contribution in [0.25, 0.3) is 17.0 Å². The number of hydrogen-bond donors (Lipinski definition) is 1. The Morgan fingerprint density at radius 1 is 0.941 bits per heavy atom. The molecule has 0 bridgehead atoms. The minimum absolute atomic E-state index is 0.0797. The Hall–Kier alpha value is -3.70. The van der Waals surface area contributed by atoms with Gasteiger partial charge in [0.25, 0.3) is 0 Å². The molecule has 0 radical (unpaired) electrons. The first-order valence-corrected chi connectivity index (χ1v) is 11.9. The third-order valence-electron chi connectivity index (χ3n) is 5.04. The van der Waals surface area contributed by atoms with Gasteiger partial charge in [0.2, 0.25) is 15.9 Å². The molecule has 4 rings (SSSR count). The summed E-state index contributed by atoms with van der Waals surface area (Å²) in [5.41, 5.74) is 2.97. The summed E-state index contributed by atoms with van der Waals surface area (Å²) in [6.45, 7) is 3.89. The molecule has 178 valence electrons. The number of aromatic nitrogens is 4. The van der Waals surface area contributed by atoms with E-state index < -0.39 is 10.0 Å². The molecule has 2 aromatic heterocycles. The lowest BCUT2D eigenvalue weighted by atomic mass is 10.2. The van der Waals surface area contributed by atoms with Crippen molar-refractivity contribution in [3.63, 3.8) is 0 Å². The molecular weight excluding hydrogens is 458 g/mol. The molecule has 0 unspecified atom stereocenters. The number of rotatable bonds is 9. The third kappa shape index (κ3) is 4.95. The molecule has 0 saturated heterocycles. The molecule has 2 aromatic carbocycles. The molecule has 0 aliphatic rings. The predicted molar refractivity (Wildman–Crippen MR) is 126 cm³/mol. The fourth-order valence-corrected chi connectivity index (χ4v) is 4.70. The monoisotopic (exact) mass is 483 g/mol. The zero-order chi connectivity index (χ0) is 24.3. The predicted octanol–water partition coefficient (Wildman–Crippen LogP) is 2.78. The maximum absolute atomic E-state index is 12.6. The fourth-order valence-electron chi connectivity index (χ4n) is 3.50. The van der Waals surface area contributed by atoms with Crippen molar-refractivity contribution < 1.29 is 22.6 Å². The van der Waals surface area contributed by atoms with Crippen LogP contribution in [0, 0.1) is 13.8 Å². The lowest BCUT2D eigenvalue weighted by Gasteiger charge is -2.10. The molecule has 0 atom stereocenters. The van der Waals surface area contributed by atoms with Crippen molar-refractivity contribution in [2.75, 3.05) is 27.4 Å². The summed E-state index contributed by atoms with van der Waals surface area (Å²) in [5, 5.41) is 12.8. The van der Waals surface area contributed by atoms with E-state index in [4.69, 9.17) is 14.2 Å². The third-order valence-corrected chi connectivity index (χ3v) is 6.48. The van der Waals surface area contributed by atoms with Crippen molar-refractivity contribution in [1.82, 2.24) is 24.5 Å². The van der Waals surface area contributed by atoms with Crippen molar-refractivity contribution in [2.45, 2.75) is 18.7 Å². The Morgan fingerprint density at radius 3 is 2.41 bits per heavy atom. The lowest BCUT2D eigenvalue weighted by Crippen LogP contribution is -2.28. The molecule has 0 amide bonds. The maximum Gasteiger partial charge on any atom is 0.240 e. The van der Waals surface area contributed by atoms with E-state index in [9.17, 15) is 8.42 Å². The maximum atomic E-state index is 12.6. The second-order valence-corrected chi connectivity index (χ2v) is 9.37. The van der Waals surface area contributed by atoms with Crippen LogP contribution in [0.5, 0.6) is 17.4 Å². The molecule has 0 aliphatic heterocycles. The van der Waals surface area contributed by atoms with Crippen LogP contribution in [0.3, 0.4) is 0 Å². The summed E-state index contributed by atoms with van der Waals surface area (Å²) in [6.07, 6.45) is 0. The first-order chi connectivity index (χ1) is 16.3. The Labute approximate surface area is 197 Å². The number of aryl methyl sites for hydroxylation is 2. The van der Waals surface area contributed by atoms with E-state index in [2.05, 4.69) is 20.0 Å². The van der Waals surface area contributed by atoms with Crippen LogP contribution in [0.4, 0.5) is 0 Å². The molecule has 0 aliphatic carbocycles. The van der Waals surface area contributed by atoms with Gasteiger partial charge in [-0.2, -0.15) is 4.52 Å². The molecule has 11 heteroatoms. The van der Waals surface area contributed by atoms with Gasteiger partial charge < -0.3 is 14.2 Å². The van der Waals surface area contributed by atoms with Gasteiger partial charge in [0.15, 0.2) is 11.5 Å². The zero-order valence-electron chi connectivity index (χ0n) is 19.3. The van der Waals surface area contributed by atoms with E-state index >= 15 is 0 Å². The number of fused-ring (bicyclic) bond motifs is 1. The van der Waals surface area contributed by atoms with E-state index in [1.807, 2.05) is 26.0 Å². The summed E-state index contributed by atoms with van der Waals surface area (Å²) in [4.78, 5) is 0.229. The summed E-state index contributed by atoms with van der Waals surface area (Å²) < 4.78 is 45.6. The smallest absolute Gasteiger partial charge is 0.240 e. The van der Waals surface area contributed by atoms with Gasteiger partial charge in [-0.3, -0.25) is 0 Å². The highest BCUT2D eigenvalue weighted by atomic mass is 32.2. The zero-order valence-corrected chi connectivity index (χ0v) is 20.1. The highest BCUT2D eigenvalue weighted by molar-refractivity contribution is 7.89. The number of methoxy groups -OCH3 is 2. The highest BCUT2D eigenvalue weighted by Crippen LogP contribution is 2.32. The van der Waals surface area contributed by atoms with Crippen molar-refractivity contribution in [3.8, 4) is 28.8 Å². The Balaban J connectivity index is 1.48. The molecule has 4 aromatic rings. The minimum Gasteiger partial charge on any atom is -0.497 e. The summed E-state index contributed by atoms with van der Waals surface area (Å²) in [7, 11) is -0.506. The summed E-state index contributed by atoms with van der Waals surface area (Å²) in [6, 6.07) is 13.9. The number of ether oxygens (including phenoxy) is 3. The van der Waals surface area contributed by atoms with Gasteiger partial charge in [-0.1, -0.05) is 6.07 Å². The number of hydrogen-bond acceptors (Lipinski definition) is 8. The number of nitrogens with one attached hydrogen (secondary N) is 1. The molecule has 0 spiro atoms.